The Hall–Kier alpha value is -2.32. The Labute approximate surface area is 216 Å². The lowest BCUT2D eigenvalue weighted by Gasteiger charge is -2.36. The van der Waals surface area contributed by atoms with E-state index in [1.807, 2.05) is 65.0 Å². The van der Waals surface area contributed by atoms with Crippen LogP contribution in [0.5, 0.6) is 0 Å². The molecule has 7 nitrogen and oxygen atoms in total. The molecule has 2 N–H and O–H groups in total. The predicted molar refractivity (Wildman–Crippen MR) is 142 cm³/mol. The second kappa shape index (κ2) is 10.2. The normalized spacial score (nSPS) is 21.5. The lowest BCUT2D eigenvalue weighted by Crippen LogP contribution is -2.59. The van der Waals surface area contributed by atoms with Crippen molar-refractivity contribution in [2.24, 2.45) is 5.92 Å². The number of nitrogens with one attached hydrogen (secondary N) is 1. The smallest absolute Gasteiger partial charge is 0.479 e. The number of rotatable bonds is 7. The number of ether oxygens (including phenoxy) is 1. The van der Waals surface area contributed by atoms with Gasteiger partial charge in [-0.1, -0.05) is 43.2 Å². The van der Waals surface area contributed by atoms with E-state index in [1.165, 1.54) is 0 Å². The van der Waals surface area contributed by atoms with Gasteiger partial charge < -0.3 is 24.5 Å². The number of benzene rings is 1. The van der Waals surface area contributed by atoms with Crippen LogP contribution in [-0.4, -0.2) is 46.6 Å². The van der Waals surface area contributed by atoms with Gasteiger partial charge in [-0.15, -0.1) is 0 Å². The van der Waals surface area contributed by atoms with Crippen LogP contribution < -0.4 is 10.8 Å². The van der Waals surface area contributed by atoms with Crippen molar-refractivity contribution in [3.63, 3.8) is 0 Å². The molecule has 36 heavy (non-hydrogen) atoms. The Balaban J connectivity index is 1.80. The van der Waals surface area contributed by atoms with E-state index in [4.69, 9.17) is 14.0 Å². The van der Waals surface area contributed by atoms with Crippen LogP contribution in [0.3, 0.4) is 0 Å². The Morgan fingerprint density at radius 3 is 2.22 bits per heavy atom. The highest BCUT2D eigenvalue weighted by Gasteiger charge is 2.52. The van der Waals surface area contributed by atoms with Gasteiger partial charge in [0.15, 0.2) is 0 Å². The molecule has 1 saturated carbocycles. The van der Waals surface area contributed by atoms with Crippen LogP contribution in [-0.2, 0) is 18.8 Å². The molecule has 1 aromatic rings. The Morgan fingerprint density at radius 2 is 1.72 bits per heavy atom. The van der Waals surface area contributed by atoms with Crippen molar-refractivity contribution < 1.29 is 28.7 Å². The van der Waals surface area contributed by atoms with Gasteiger partial charge >= 0.3 is 19.2 Å². The highest BCUT2D eigenvalue weighted by Crippen LogP contribution is 2.38. The zero-order chi connectivity index (χ0) is 26.9. The summed E-state index contributed by atoms with van der Waals surface area (Å²) in [5.41, 5.74) is -0.00149. The van der Waals surface area contributed by atoms with Crippen molar-refractivity contribution in [3.8, 4) is 0 Å². The van der Waals surface area contributed by atoms with Crippen molar-refractivity contribution in [3.05, 3.63) is 35.4 Å². The van der Waals surface area contributed by atoms with Gasteiger partial charge in [-0.2, -0.15) is 0 Å². The molecule has 0 spiro atoms. The second-order valence-electron chi connectivity index (χ2n) is 12.2. The van der Waals surface area contributed by atoms with Gasteiger partial charge in [-0.25, -0.2) is 9.59 Å². The number of hydrogen-bond acceptors (Lipinski definition) is 5. The standard InChI is InChI=1S/C28H42BNO6/c1-19-18-22(29-35-26(5,6)27(7,8)36-29)16-15-20(19)12-11-17-28(23(31)32,21-13-9-10-14-21)30-24(33)34-25(2,3)4/h11-12,15-16,18,21H,9-10,13-14,17H2,1-8H3,(H,30,33)(H,31,32)/t28-/m0/s1. The Bertz CT molecular complexity index is 990. The van der Waals surface area contributed by atoms with Crippen molar-refractivity contribution in [1.29, 1.82) is 0 Å². The number of aliphatic carboxylic acids is 1. The molecule has 1 aromatic carbocycles. The van der Waals surface area contributed by atoms with Crippen LogP contribution >= 0.6 is 0 Å². The zero-order valence-corrected chi connectivity index (χ0v) is 23.1. The number of aryl methyl sites for hydroxylation is 1. The van der Waals surface area contributed by atoms with E-state index < -0.39 is 41.5 Å². The summed E-state index contributed by atoms with van der Waals surface area (Å²) in [6.07, 6.45) is 6.68. The molecule has 1 heterocycles. The van der Waals surface area contributed by atoms with E-state index in [9.17, 15) is 14.7 Å². The maximum Gasteiger partial charge on any atom is 0.494 e. The molecule has 2 fully saturated rings. The average Bonchev–Trinajstić information content (AvgIpc) is 3.33. The maximum absolute atomic E-state index is 12.6. The first kappa shape index (κ1) is 28.3. The maximum atomic E-state index is 12.6. The summed E-state index contributed by atoms with van der Waals surface area (Å²) < 4.78 is 17.8. The fourth-order valence-corrected chi connectivity index (χ4v) is 4.92. The minimum absolute atomic E-state index is 0.154. The SMILES string of the molecule is Cc1cc(B2OC(C)(C)C(C)(C)O2)ccc1C=CC[C@@](NC(=O)OC(C)(C)C)(C(=O)O)C1CCCC1. The molecule has 198 valence electrons. The summed E-state index contributed by atoms with van der Waals surface area (Å²) in [6, 6.07) is 6.02. The van der Waals surface area contributed by atoms with Crippen LogP contribution in [0.2, 0.25) is 0 Å². The third-order valence-corrected chi connectivity index (χ3v) is 7.71. The summed E-state index contributed by atoms with van der Waals surface area (Å²) in [4.78, 5) is 25.2. The van der Waals surface area contributed by atoms with Gasteiger partial charge in [-0.05, 0) is 97.2 Å². The van der Waals surface area contributed by atoms with Crippen LogP contribution in [0.25, 0.3) is 6.08 Å². The van der Waals surface area contributed by atoms with Crippen LogP contribution in [0, 0.1) is 12.8 Å². The largest absolute Gasteiger partial charge is 0.494 e. The minimum atomic E-state index is -1.41. The lowest BCUT2D eigenvalue weighted by molar-refractivity contribution is -0.147. The van der Waals surface area contributed by atoms with Crippen LogP contribution in [0.4, 0.5) is 4.79 Å². The molecular weight excluding hydrogens is 457 g/mol. The molecule has 0 radical (unpaired) electrons. The Morgan fingerprint density at radius 1 is 1.14 bits per heavy atom. The molecule has 0 bridgehead atoms. The van der Waals surface area contributed by atoms with Gasteiger partial charge in [0, 0.05) is 0 Å². The summed E-state index contributed by atoms with van der Waals surface area (Å²) >= 11 is 0. The predicted octanol–water partition coefficient (Wildman–Crippen LogP) is 5.24. The van der Waals surface area contributed by atoms with Crippen molar-refractivity contribution in [2.45, 2.75) is 110 Å². The molecule has 1 aliphatic heterocycles. The third-order valence-electron chi connectivity index (χ3n) is 7.71. The molecule has 1 atom stereocenters. The molecular formula is C28H42BNO6. The summed E-state index contributed by atoms with van der Waals surface area (Å²) in [6.45, 7) is 15.4. The van der Waals surface area contributed by atoms with Crippen molar-refractivity contribution >= 4 is 30.7 Å². The second-order valence-corrected chi connectivity index (χ2v) is 12.2. The fraction of sp³-hybridized carbons (Fsp3) is 0.643. The molecule has 1 aliphatic carbocycles. The van der Waals surface area contributed by atoms with Gasteiger partial charge in [0.2, 0.25) is 0 Å². The molecule has 0 aromatic heterocycles. The minimum Gasteiger partial charge on any atom is -0.479 e. The lowest BCUT2D eigenvalue weighted by atomic mass is 9.77. The van der Waals surface area contributed by atoms with E-state index in [-0.39, 0.29) is 12.3 Å². The third kappa shape index (κ3) is 6.14. The van der Waals surface area contributed by atoms with Gasteiger partial charge in [-0.3, -0.25) is 0 Å². The summed E-state index contributed by atoms with van der Waals surface area (Å²) in [5.74, 6) is -1.18. The zero-order valence-electron chi connectivity index (χ0n) is 23.1. The number of carbonyl (C=O) groups excluding carboxylic acids is 1. The fourth-order valence-electron chi connectivity index (χ4n) is 4.92. The number of hydrogen-bond donors (Lipinski definition) is 2. The monoisotopic (exact) mass is 499 g/mol. The Kier molecular flexibility index (Phi) is 8.02. The van der Waals surface area contributed by atoms with E-state index in [2.05, 4.69) is 5.32 Å². The number of carbonyl (C=O) groups is 2. The molecule has 3 rings (SSSR count). The van der Waals surface area contributed by atoms with E-state index in [0.29, 0.717) is 0 Å². The highest BCUT2D eigenvalue weighted by molar-refractivity contribution is 6.62. The van der Waals surface area contributed by atoms with Crippen LogP contribution in [0.1, 0.15) is 91.7 Å². The summed E-state index contributed by atoms with van der Waals surface area (Å²) in [5, 5.41) is 13.0. The number of alkyl carbamates (subject to hydrolysis) is 1. The highest BCUT2D eigenvalue weighted by atomic mass is 16.7. The quantitative estimate of drug-likeness (QED) is 0.499. The van der Waals surface area contributed by atoms with Gasteiger partial charge in [0.05, 0.1) is 11.2 Å². The number of carboxylic acid groups (broad SMARTS) is 1. The van der Waals surface area contributed by atoms with Gasteiger partial charge in [0.25, 0.3) is 0 Å². The van der Waals surface area contributed by atoms with Crippen molar-refractivity contribution in [2.75, 3.05) is 0 Å². The van der Waals surface area contributed by atoms with Crippen molar-refractivity contribution in [1.82, 2.24) is 5.32 Å². The van der Waals surface area contributed by atoms with E-state index in [0.717, 1.165) is 42.3 Å². The average molecular weight is 499 g/mol. The number of carboxylic acids is 1. The molecule has 2 aliphatic rings. The topological polar surface area (TPSA) is 94.1 Å². The first-order valence-corrected chi connectivity index (χ1v) is 12.9. The number of amides is 1. The molecule has 8 heteroatoms. The van der Waals surface area contributed by atoms with E-state index in [1.54, 1.807) is 20.8 Å². The molecule has 1 amide bonds. The summed E-state index contributed by atoms with van der Waals surface area (Å²) in [7, 11) is -0.438. The van der Waals surface area contributed by atoms with Crippen LogP contribution in [0.15, 0.2) is 24.3 Å². The molecule has 1 saturated heterocycles. The first-order chi connectivity index (χ1) is 16.6. The van der Waals surface area contributed by atoms with E-state index >= 15 is 0 Å². The molecule has 0 unspecified atom stereocenters. The van der Waals surface area contributed by atoms with Gasteiger partial charge in [0.1, 0.15) is 11.1 Å². The first-order valence-electron chi connectivity index (χ1n) is 12.9.